The normalized spacial score (nSPS) is 18.7. The van der Waals surface area contributed by atoms with E-state index in [4.69, 9.17) is 0 Å². The zero-order valence-electron chi connectivity index (χ0n) is 11.1. The van der Waals surface area contributed by atoms with Gasteiger partial charge in [0.15, 0.2) is 11.6 Å². The molecule has 1 fully saturated rings. The Balaban J connectivity index is 2.00. The van der Waals surface area contributed by atoms with E-state index < -0.39 is 11.6 Å². The van der Waals surface area contributed by atoms with Gasteiger partial charge < -0.3 is 5.32 Å². The van der Waals surface area contributed by atoms with Gasteiger partial charge in [-0.3, -0.25) is 0 Å². The largest absolute Gasteiger partial charge is 0.313 e. The molecule has 0 aromatic heterocycles. The highest BCUT2D eigenvalue weighted by molar-refractivity contribution is 5.19. The summed E-state index contributed by atoms with van der Waals surface area (Å²) in [5.74, 6) is -1.52. The first-order valence-corrected chi connectivity index (χ1v) is 6.70. The van der Waals surface area contributed by atoms with E-state index in [-0.39, 0.29) is 5.41 Å². The third-order valence-corrected chi connectivity index (χ3v) is 3.86. The molecule has 3 heteroatoms. The lowest BCUT2D eigenvalue weighted by molar-refractivity contribution is 0.288. The van der Waals surface area contributed by atoms with E-state index in [1.807, 2.05) is 0 Å². The first kappa shape index (κ1) is 13.5. The summed E-state index contributed by atoms with van der Waals surface area (Å²) in [5, 5.41) is 3.53. The average molecular weight is 253 g/mol. The summed E-state index contributed by atoms with van der Waals surface area (Å²) in [4.78, 5) is 0. The van der Waals surface area contributed by atoms with Crippen LogP contribution in [0.4, 0.5) is 8.78 Å². The first-order chi connectivity index (χ1) is 8.52. The monoisotopic (exact) mass is 253 g/mol. The van der Waals surface area contributed by atoms with Crippen molar-refractivity contribution in [2.45, 2.75) is 45.6 Å². The van der Waals surface area contributed by atoms with Crippen LogP contribution >= 0.6 is 0 Å². The maximum absolute atomic E-state index is 13.2. The van der Waals surface area contributed by atoms with Crippen molar-refractivity contribution in [1.29, 1.82) is 0 Å². The lowest BCUT2D eigenvalue weighted by Crippen LogP contribution is -2.34. The fourth-order valence-corrected chi connectivity index (χ4v) is 2.13. The summed E-state index contributed by atoms with van der Waals surface area (Å²) < 4.78 is 26.1. The summed E-state index contributed by atoms with van der Waals surface area (Å²) >= 11 is 0. The second-order valence-electron chi connectivity index (χ2n) is 5.74. The van der Waals surface area contributed by atoms with E-state index in [2.05, 4.69) is 19.2 Å². The van der Waals surface area contributed by atoms with Crippen LogP contribution in [0.2, 0.25) is 0 Å². The summed E-state index contributed by atoms with van der Waals surface area (Å²) in [6.45, 7) is 5.28. The van der Waals surface area contributed by atoms with Crippen LogP contribution in [-0.4, -0.2) is 12.6 Å². The maximum Gasteiger partial charge on any atom is 0.159 e. The Kier molecular flexibility index (Phi) is 4.00. The SMILES string of the molecule is CCC(C)(CNC1CC1)Cc1ccc(F)c(F)c1. The average Bonchev–Trinajstić information content (AvgIpc) is 3.16. The van der Waals surface area contributed by atoms with Gasteiger partial charge in [0.2, 0.25) is 0 Å². The molecule has 1 aliphatic rings. The summed E-state index contributed by atoms with van der Waals surface area (Å²) in [7, 11) is 0. The molecule has 1 aromatic rings. The van der Waals surface area contributed by atoms with Crippen molar-refractivity contribution in [3.05, 3.63) is 35.4 Å². The first-order valence-electron chi connectivity index (χ1n) is 6.70. The number of benzene rings is 1. The van der Waals surface area contributed by atoms with Gasteiger partial charge in [-0.25, -0.2) is 8.78 Å². The standard InChI is InChI=1S/C15H21F2N/c1-3-15(2,10-18-12-5-6-12)9-11-4-7-13(16)14(17)8-11/h4,7-8,12,18H,3,5-6,9-10H2,1-2H3. The van der Waals surface area contributed by atoms with Crippen LogP contribution in [-0.2, 0) is 6.42 Å². The lowest BCUT2D eigenvalue weighted by atomic mass is 9.81. The van der Waals surface area contributed by atoms with Crippen LogP contribution in [0.3, 0.4) is 0 Å². The van der Waals surface area contributed by atoms with E-state index in [1.54, 1.807) is 6.07 Å². The Morgan fingerprint density at radius 2 is 2.00 bits per heavy atom. The second kappa shape index (κ2) is 5.35. The van der Waals surface area contributed by atoms with Crippen LogP contribution in [0, 0.1) is 17.0 Å². The molecule has 0 saturated heterocycles. The van der Waals surface area contributed by atoms with E-state index >= 15 is 0 Å². The number of rotatable bonds is 6. The molecule has 1 unspecified atom stereocenters. The third-order valence-electron chi connectivity index (χ3n) is 3.86. The summed E-state index contributed by atoms with van der Waals surface area (Å²) in [6.07, 6.45) is 4.34. The maximum atomic E-state index is 13.2. The van der Waals surface area contributed by atoms with Gasteiger partial charge in [0.05, 0.1) is 0 Å². The molecular weight excluding hydrogens is 232 g/mol. The predicted molar refractivity (Wildman–Crippen MR) is 69.5 cm³/mol. The van der Waals surface area contributed by atoms with Crippen LogP contribution in [0.25, 0.3) is 0 Å². The molecule has 1 aliphatic carbocycles. The molecule has 1 aromatic carbocycles. The highest BCUT2D eigenvalue weighted by atomic mass is 19.2. The van der Waals surface area contributed by atoms with Gasteiger partial charge in [0.25, 0.3) is 0 Å². The van der Waals surface area contributed by atoms with E-state index in [9.17, 15) is 8.78 Å². The van der Waals surface area contributed by atoms with Gasteiger partial charge >= 0.3 is 0 Å². The van der Waals surface area contributed by atoms with E-state index in [0.29, 0.717) is 6.04 Å². The Morgan fingerprint density at radius 3 is 2.56 bits per heavy atom. The molecule has 1 atom stereocenters. The zero-order chi connectivity index (χ0) is 13.2. The minimum Gasteiger partial charge on any atom is -0.313 e. The second-order valence-corrected chi connectivity index (χ2v) is 5.74. The Hall–Kier alpha value is -0.960. The van der Waals surface area contributed by atoms with Gasteiger partial charge in [0.1, 0.15) is 0 Å². The molecule has 0 bridgehead atoms. The molecule has 18 heavy (non-hydrogen) atoms. The van der Waals surface area contributed by atoms with Gasteiger partial charge in [-0.05, 0) is 48.8 Å². The number of nitrogens with one attached hydrogen (secondary N) is 1. The summed E-state index contributed by atoms with van der Waals surface area (Å²) in [6, 6.07) is 4.90. The van der Waals surface area contributed by atoms with Crippen molar-refractivity contribution in [3.63, 3.8) is 0 Å². The molecular formula is C15H21F2N. The van der Waals surface area contributed by atoms with Gasteiger partial charge in [-0.2, -0.15) is 0 Å². The number of hydrogen-bond acceptors (Lipinski definition) is 1. The minimum atomic E-state index is -0.770. The Morgan fingerprint density at radius 1 is 1.28 bits per heavy atom. The number of halogens is 2. The molecule has 1 N–H and O–H groups in total. The van der Waals surface area contributed by atoms with E-state index in [1.165, 1.54) is 25.0 Å². The Bertz CT molecular complexity index is 415. The quantitative estimate of drug-likeness (QED) is 0.815. The van der Waals surface area contributed by atoms with Gasteiger partial charge in [-0.15, -0.1) is 0 Å². The molecule has 100 valence electrons. The van der Waals surface area contributed by atoms with E-state index in [0.717, 1.165) is 24.9 Å². The highest BCUT2D eigenvalue weighted by Gasteiger charge is 2.27. The third kappa shape index (κ3) is 3.52. The van der Waals surface area contributed by atoms with Crippen LogP contribution < -0.4 is 5.32 Å². The Labute approximate surface area is 108 Å². The fourth-order valence-electron chi connectivity index (χ4n) is 2.13. The van der Waals surface area contributed by atoms with Crippen LogP contribution in [0.1, 0.15) is 38.7 Å². The van der Waals surface area contributed by atoms with Crippen molar-refractivity contribution >= 4 is 0 Å². The molecule has 0 radical (unpaired) electrons. The molecule has 0 aliphatic heterocycles. The fraction of sp³-hybridized carbons (Fsp3) is 0.600. The van der Waals surface area contributed by atoms with Crippen molar-refractivity contribution in [1.82, 2.24) is 5.32 Å². The molecule has 0 spiro atoms. The molecule has 0 amide bonds. The summed E-state index contributed by atoms with van der Waals surface area (Å²) in [5.41, 5.74) is 0.975. The van der Waals surface area contributed by atoms with Crippen LogP contribution in [0.15, 0.2) is 18.2 Å². The molecule has 1 nitrogen and oxygen atoms in total. The zero-order valence-corrected chi connectivity index (χ0v) is 11.1. The number of hydrogen-bond donors (Lipinski definition) is 1. The molecule has 2 rings (SSSR count). The molecule has 0 heterocycles. The molecule has 1 saturated carbocycles. The van der Waals surface area contributed by atoms with Crippen molar-refractivity contribution in [2.75, 3.05) is 6.54 Å². The van der Waals surface area contributed by atoms with Crippen molar-refractivity contribution in [2.24, 2.45) is 5.41 Å². The smallest absolute Gasteiger partial charge is 0.159 e. The van der Waals surface area contributed by atoms with Gasteiger partial charge in [0, 0.05) is 12.6 Å². The van der Waals surface area contributed by atoms with Gasteiger partial charge in [-0.1, -0.05) is 19.9 Å². The predicted octanol–water partition coefficient (Wildman–Crippen LogP) is 3.68. The highest BCUT2D eigenvalue weighted by Crippen LogP contribution is 2.28. The topological polar surface area (TPSA) is 12.0 Å². The minimum absolute atomic E-state index is 0.104. The lowest BCUT2D eigenvalue weighted by Gasteiger charge is -2.29. The van der Waals surface area contributed by atoms with Crippen molar-refractivity contribution in [3.8, 4) is 0 Å². The van der Waals surface area contributed by atoms with Crippen molar-refractivity contribution < 1.29 is 8.78 Å². The van der Waals surface area contributed by atoms with Crippen LogP contribution in [0.5, 0.6) is 0 Å².